The molecule has 2 aliphatic rings. The number of H-pyrrole nitrogens is 1. The second-order valence-electron chi connectivity index (χ2n) is 9.45. The Balaban J connectivity index is 1.35. The molecule has 36 heavy (non-hydrogen) atoms. The normalized spacial score (nSPS) is 17.1. The van der Waals surface area contributed by atoms with E-state index in [2.05, 4.69) is 47.4 Å². The molecule has 0 unspecified atom stereocenters. The van der Waals surface area contributed by atoms with E-state index >= 15 is 0 Å². The minimum Gasteiger partial charge on any atom is -0.357 e. The maximum atomic E-state index is 12.6. The number of aromatic nitrogens is 5. The van der Waals surface area contributed by atoms with Crippen LogP contribution in [0.15, 0.2) is 29.3 Å². The minimum absolute atomic E-state index is 0.344. The van der Waals surface area contributed by atoms with E-state index < -0.39 is 0 Å². The third-order valence-corrected chi connectivity index (χ3v) is 7.11. The highest BCUT2D eigenvalue weighted by Crippen LogP contribution is 2.28. The third-order valence-electron chi connectivity index (χ3n) is 7.11. The molecule has 0 aliphatic carbocycles. The molecule has 184 valence electrons. The highest BCUT2D eigenvalue weighted by molar-refractivity contribution is 5.90. The molecule has 5 rings (SSSR count). The summed E-state index contributed by atoms with van der Waals surface area (Å²) in [5.41, 5.74) is 0.822. The molecule has 2 fully saturated rings. The maximum Gasteiger partial charge on any atom is 0.277 e. The third kappa shape index (κ3) is 5.05. The van der Waals surface area contributed by atoms with Gasteiger partial charge in [0.1, 0.15) is 22.5 Å². The fraction of sp³-hybridized carbons (Fsp3) is 0.480. The SMILES string of the molecule is N#CCC1CCN(c2ccc(Nc3nc(N4CCC(CC#N)CC4)nc4cn[nH]c(=O)c34)cn2)CC1. The Morgan fingerprint density at radius 2 is 1.61 bits per heavy atom. The molecule has 0 radical (unpaired) electrons. The van der Waals surface area contributed by atoms with Crippen LogP contribution in [0.1, 0.15) is 38.5 Å². The molecule has 0 amide bonds. The standard InChI is InChI=1S/C25H28N10O/c26-9-3-17-5-11-34(12-6-17)21-2-1-19(15-28-21)30-23-22-20(16-29-33-24(22)36)31-25(32-23)35-13-7-18(4-10-27)8-14-35/h1-2,15-18H,3-8,11-14H2,(H,33,36)(H,30,31,32). The molecule has 0 spiro atoms. The van der Waals surface area contributed by atoms with Crippen molar-refractivity contribution in [3.05, 3.63) is 34.9 Å². The van der Waals surface area contributed by atoms with Gasteiger partial charge >= 0.3 is 0 Å². The van der Waals surface area contributed by atoms with Gasteiger partial charge in [0.05, 0.1) is 30.2 Å². The number of piperidine rings is 2. The zero-order valence-corrected chi connectivity index (χ0v) is 20.0. The first kappa shape index (κ1) is 23.5. The van der Waals surface area contributed by atoms with Crippen LogP contribution in [0.5, 0.6) is 0 Å². The lowest BCUT2D eigenvalue weighted by atomic mass is 9.94. The van der Waals surface area contributed by atoms with E-state index in [-0.39, 0.29) is 5.56 Å². The van der Waals surface area contributed by atoms with Gasteiger partial charge in [-0.25, -0.2) is 15.1 Å². The predicted molar refractivity (Wildman–Crippen MR) is 136 cm³/mol. The first-order valence-corrected chi connectivity index (χ1v) is 12.4. The van der Waals surface area contributed by atoms with Crippen LogP contribution >= 0.6 is 0 Å². The first-order chi connectivity index (χ1) is 17.6. The molecule has 2 aliphatic heterocycles. The summed E-state index contributed by atoms with van der Waals surface area (Å²) in [7, 11) is 0. The minimum atomic E-state index is -0.362. The summed E-state index contributed by atoms with van der Waals surface area (Å²) in [6.45, 7) is 3.30. The van der Waals surface area contributed by atoms with E-state index in [1.54, 1.807) is 6.20 Å². The molecule has 3 aromatic rings. The monoisotopic (exact) mass is 484 g/mol. The van der Waals surface area contributed by atoms with Crippen molar-refractivity contribution in [1.29, 1.82) is 10.5 Å². The number of fused-ring (bicyclic) bond motifs is 1. The van der Waals surface area contributed by atoms with E-state index in [9.17, 15) is 4.79 Å². The summed E-state index contributed by atoms with van der Waals surface area (Å²) < 4.78 is 0. The predicted octanol–water partition coefficient (Wildman–Crippen LogP) is 3.11. The topological polar surface area (TPSA) is 151 Å². The van der Waals surface area contributed by atoms with E-state index in [1.807, 2.05) is 12.1 Å². The maximum absolute atomic E-state index is 12.6. The number of anilines is 4. The summed E-state index contributed by atoms with van der Waals surface area (Å²) >= 11 is 0. The van der Waals surface area contributed by atoms with E-state index in [0.717, 1.165) is 57.7 Å². The molecule has 0 bridgehead atoms. The largest absolute Gasteiger partial charge is 0.357 e. The van der Waals surface area contributed by atoms with Crippen molar-refractivity contribution in [1.82, 2.24) is 25.1 Å². The van der Waals surface area contributed by atoms with Crippen molar-refractivity contribution in [2.45, 2.75) is 38.5 Å². The highest BCUT2D eigenvalue weighted by Gasteiger charge is 2.23. The van der Waals surface area contributed by atoms with Crippen molar-refractivity contribution in [3.63, 3.8) is 0 Å². The zero-order chi connectivity index (χ0) is 24.9. The van der Waals surface area contributed by atoms with Gasteiger partial charge in [0.2, 0.25) is 5.95 Å². The molecule has 5 heterocycles. The van der Waals surface area contributed by atoms with Crippen LogP contribution in [0.25, 0.3) is 10.9 Å². The first-order valence-electron chi connectivity index (χ1n) is 12.4. The second kappa shape index (κ2) is 10.6. The van der Waals surface area contributed by atoms with E-state index in [1.165, 1.54) is 6.20 Å². The molecular weight excluding hydrogens is 456 g/mol. The van der Waals surface area contributed by atoms with Crippen LogP contribution in [0.3, 0.4) is 0 Å². The van der Waals surface area contributed by atoms with Crippen LogP contribution in [0.4, 0.5) is 23.3 Å². The number of nitrogens with one attached hydrogen (secondary N) is 2. The summed E-state index contributed by atoms with van der Waals surface area (Å²) in [4.78, 5) is 30.9. The Labute approximate surface area is 208 Å². The summed E-state index contributed by atoms with van der Waals surface area (Å²) in [5, 5.41) is 27.9. The van der Waals surface area contributed by atoms with Crippen LogP contribution in [-0.4, -0.2) is 51.3 Å². The van der Waals surface area contributed by atoms with Gasteiger partial charge in [-0.2, -0.15) is 20.6 Å². The quantitative estimate of drug-likeness (QED) is 0.534. The highest BCUT2D eigenvalue weighted by atomic mass is 16.1. The molecule has 0 saturated carbocycles. The lowest BCUT2D eigenvalue weighted by Crippen LogP contribution is -2.35. The van der Waals surface area contributed by atoms with Gasteiger partial charge in [-0.3, -0.25) is 4.79 Å². The number of hydrogen-bond donors (Lipinski definition) is 2. The summed E-state index contributed by atoms with van der Waals surface area (Å²) in [5.74, 6) is 2.71. The number of nitriles is 2. The van der Waals surface area contributed by atoms with Gasteiger partial charge in [0.25, 0.3) is 5.56 Å². The molecule has 3 aromatic heterocycles. The Bertz CT molecular complexity index is 1340. The zero-order valence-electron chi connectivity index (χ0n) is 20.0. The van der Waals surface area contributed by atoms with Crippen LogP contribution in [0, 0.1) is 34.5 Å². The Morgan fingerprint density at radius 1 is 0.944 bits per heavy atom. The van der Waals surface area contributed by atoms with Gasteiger partial charge in [-0.15, -0.1) is 0 Å². The number of rotatable bonds is 6. The molecular formula is C25H28N10O. The fourth-order valence-corrected chi connectivity index (χ4v) is 4.97. The lowest BCUT2D eigenvalue weighted by Gasteiger charge is -2.32. The van der Waals surface area contributed by atoms with Gasteiger partial charge < -0.3 is 15.1 Å². The molecule has 0 aromatic carbocycles. The molecule has 11 heteroatoms. The fourth-order valence-electron chi connectivity index (χ4n) is 4.97. The van der Waals surface area contributed by atoms with E-state index in [0.29, 0.717) is 53.0 Å². The lowest BCUT2D eigenvalue weighted by molar-refractivity contribution is 0.409. The summed E-state index contributed by atoms with van der Waals surface area (Å²) in [6.07, 6.45) is 8.27. The average Bonchev–Trinajstić information content (AvgIpc) is 2.90. The Kier molecular flexibility index (Phi) is 6.89. The molecule has 0 atom stereocenters. The molecule has 11 nitrogen and oxygen atoms in total. The van der Waals surface area contributed by atoms with Crippen molar-refractivity contribution < 1.29 is 0 Å². The van der Waals surface area contributed by atoms with E-state index in [4.69, 9.17) is 15.5 Å². The van der Waals surface area contributed by atoms with Crippen molar-refractivity contribution >= 4 is 34.2 Å². The average molecular weight is 485 g/mol. The second-order valence-corrected chi connectivity index (χ2v) is 9.45. The molecule has 2 N–H and O–H groups in total. The van der Waals surface area contributed by atoms with Gasteiger partial charge in [-0.1, -0.05) is 0 Å². The van der Waals surface area contributed by atoms with Crippen molar-refractivity contribution in [2.24, 2.45) is 11.8 Å². The number of aromatic amines is 1. The number of hydrogen-bond acceptors (Lipinski definition) is 10. The van der Waals surface area contributed by atoms with Gasteiger partial charge in [0, 0.05) is 39.0 Å². The Morgan fingerprint density at radius 3 is 2.22 bits per heavy atom. The number of nitrogens with zero attached hydrogens (tertiary/aromatic N) is 8. The summed E-state index contributed by atoms with van der Waals surface area (Å²) in [6, 6.07) is 8.43. The van der Waals surface area contributed by atoms with Crippen LogP contribution in [-0.2, 0) is 0 Å². The van der Waals surface area contributed by atoms with Crippen LogP contribution < -0.4 is 20.7 Å². The Hall–Kier alpha value is -4.25. The number of pyridine rings is 1. The molecule has 2 saturated heterocycles. The van der Waals surface area contributed by atoms with Crippen molar-refractivity contribution in [3.8, 4) is 12.1 Å². The van der Waals surface area contributed by atoms with Gasteiger partial charge in [0.15, 0.2) is 0 Å². The van der Waals surface area contributed by atoms with Gasteiger partial charge in [-0.05, 0) is 49.7 Å². The van der Waals surface area contributed by atoms with Crippen LogP contribution in [0.2, 0.25) is 0 Å². The van der Waals surface area contributed by atoms with Crippen molar-refractivity contribution in [2.75, 3.05) is 41.3 Å². The smallest absolute Gasteiger partial charge is 0.277 e.